The Bertz CT molecular complexity index is 1180. The first-order chi connectivity index (χ1) is 15.3. The second kappa shape index (κ2) is 9.63. The molecule has 0 bridgehead atoms. The molecule has 0 unspecified atom stereocenters. The summed E-state index contributed by atoms with van der Waals surface area (Å²) in [4.78, 5) is 2.80. The van der Waals surface area contributed by atoms with E-state index in [9.17, 15) is 17.2 Å². The number of morpholine rings is 1. The smallest absolute Gasteiger partial charge is 0.266 e. The van der Waals surface area contributed by atoms with Gasteiger partial charge in [-0.3, -0.25) is 4.72 Å². The summed E-state index contributed by atoms with van der Waals surface area (Å²) in [5.41, 5.74) is 0.901. The molecule has 3 aromatic rings. The lowest BCUT2D eigenvalue weighted by Crippen LogP contribution is -2.44. The van der Waals surface area contributed by atoms with E-state index in [0.717, 1.165) is 23.4 Å². The fraction of sp³-hybridized carbons (Fsp3) is 0.263. The van der Waals surface area contributed by atoms with Gasteiger partial charge in [-0.25, -0.2) is 22.2 Å². The zero-order chi connectivity index (χ0) is 22.7. The molecule has 1 fully saturated rings. The molecule has 2 heterocycles. The predicted octanol–water partition coefficient (Wildman–Crippen LogP) is 3.38. The van der Waals surface area contributed by atoms with Crippen LogP contribution in [0.1, 0.15) is 11.6 Å². The molecule has 2 N–H and O–H groups in total. The number of aromatic nitrogens is 2. The van der Waals surface area contributed by atoms with Crippen LogP contribution in [0.5, 0.6) is 5.75 Å². The topological polar surface area (TPSA) is 102 Å². The largest absolute Gasteiger partial charge is 0.488 e. The summed E-state index contributed by atoms with van der Waals surface area (Å²) in [5, 5.41) is 3.82. The number of benzene rings is 2. The Balaban J connectivity index is 1.49. The van der Waals surface area contributed by atoms with Crippen LogP contribution in [-0.2, 0) is 14.8 Å². The first-order valence-corrected chi connectivity index (χ1v) is 12.0. The van der Waals surface area contributed by atoms with Crippen molar-refractivity contribution in [2.24, 2.45) is 0 Å². The van der Waals surface area contributed by atoms with Gasteiger partial charge in [-0.1, -0.05) is 23.7 Å². The van der Waals surface area contributed by atoms with Crippen molar-refractivity contribution in [2.75, 3.05) is 24.5 Å². The first-order valence-electron chi connectivity index (χ1n) is 9.35. The zero-order valence-corrected chi connectivity index (χ0v) is 18.7. The third-order valence-electron chi connectivity index (χ3n) is 4.66. The Kier molecular flexibility index (Phi) is 6.86. The molecule has 1 aliphatic rings. The molecule has 32 heavy (non-hydrogen) atoms. The maximum Gasteiger partial charge on any atom is 0.266 e. The number of hydrogen-bond donors (Lipinski definition) is 2. The van der Waals surface area contributed by atoms with E-state index in [1.165, 1.54) is 0 Å². The molecule has 2 aromatic carbocycles. The second-order valence-electron chi connectivity index (χ2n) is 6.77. The Hall–Kier alpha value is -2.38. The number of rotatable bonds is 7. The van der Waals surface area contributed by atoms with Gasteiger partial charge < -0.3 is 14.8 Å². The lowest BCUT2D eigenvalue weighted by atomic mass is 10.0. The van der Waals surface area contributed by atoms with Crippen molar-refractivity contribution in [3.8, 4) is 5.75 Å². The van der Waals surface area contributed by atoms with Crippen LogP contribution < -0.4 is 14.8 Å². The summed E-state index contributed by atoms with van der Waals surface area (Å²) >= 11 is 6.70. The Morgan fingerprint density at radius 1 is 1.25 bits per heavy atom. The van der Waals surface area contributed by atoms with Gasteiger partial charge >= 0.3 is 0 Å². The lowest BCUT2D eigenvalue weighted by Gasteiger charge is -2.33. The number of anilines is 1. The van der Waals surface area contributed by atoms with Crippen molar-refractivity contribution in [1.82, 2.24) is 14.7 Å². The average Bonchev–Trinajstić information content (AvgIpc) is 3.27. The monoisotopic (exact) mass is 502 g/mol. The third-order valence-corrected chi connectivity index (χ3v) is 6.98. The van der Waals surface area contributed by atoms with Gasteiger partial charge in [0, 0.05) is 35.2 Å². The van der Waals surface area contributed by atoms with Crippen LogP contribution in [0.3, 0.4) is 0 Å². The maximum absolute atomic E-state index is 14.6. The summed E-state index contributed by atoms with van der Waals surface area (Å²) < 4.78 is 70.7. The Labute approximate surface area is 191 Å². The second-order valence-corrected chi connectivity index (χ2v) is 9.64. The van der Waals surface area contributed by atoms with Crippen LogP contribution in [0.2, 0.25) is 5.02 Å². The SMILES string of the molecule is O=S(=O)(Nc1ncns1)c1cc(F)c(OC[C@H]2OCCN[C@@H]2c2ccc(Cl)cc2)cc1F. The fourth-order valence-electron chi connectivity index (χ4n) is 3.19. The highest BCUT2D eigenvalue weighted by atomic mass is 35.5. The van der Waals surface area contributed by atoms with E-state index >= 15 is 0 Å². The molecule has 170 valence electrons. The maximum atomic E-state index is 14.6. The number of sulfonamides is 1. The fourth-order valence-corrected chi connectivity index (χ4v) is 5.05. The average molecular weight is 503 g/mol. The summed E-state index contributed by atoms with van der Waals surface area (Å²) in [7, 11) is -4.40. The van der Waals surface area contributed by atoms with Crippen molar-refractivity contribution in [3.05, 3.63) is 64.9 Å². The van der Waals surface area contributed by atoms with Gasteiger partial charge in [0.25, 0.3) is 10.0 Å². The Morgan fingerprint density at radius 2 is 2.03 bits per heavy atom. The minimum Gasteiger partial charge on any atom is -0.488 e. The van der Waals surface area contributed by atoms with E-state index < -0.39 is 38.4 Å². The first kappa shape index (κ1) is 22.8. The van der Waals surface area contributed by atoms with Gasteiger partial charge in [-0.05, 0) is 17.7 Å². The highest BCUT2D eigenvalue weighted by Gasteiger charge is 2.29. The molecule has 0 radical (unpaired) electrons. The molecule has 0 aliphatic carbocycles. The summed E-state index contributed by atoms with van der Waals surface area (Å²) in [6.07, 6.45) is 0.644. The molecule has 1 saturated heterocycles. The quantitative estimate of drug-likeness (QED) is 0.510. The van der Waals surface area contributed by atoms with Crippen molar-refractivity contribution in [2.45, 2.75) is 17.0 Å². The highest BCUT2D eigenvalue weighted by Crippen LogP contribution is 2.28. The van der Waals surface area contributed by atoms with Crippen LogP contribution in [0.4, 0.5) is 13.9 Å². The van der Waals surface area contributed by atoms with Gasteiger partial charge in [0.2, 0.25) is 5.13 Å². The molecule has 2 atom stereocenters. The van der Waals surface area contributed by atoms with Gasteiger partial charge in [0.1, 0.15) is 29.8 Å². The number of nitrogens with one attached hydrogen (secondary N) is 2. The van der Waals surface area contributed by atoms with Crippen LogP contribution in [0.15, 0.2) is 47.6 Å². The lowest BCUT2D eigenvalue weighted by molar-refractivity contribution is -0.0305. The van der Waals surface area contributed by atoms with Gasteiger partial charge in [-0.2, -0.15) is 4.37 Å². The van der Waals surface area contributed by atoms with Gasteiger partial charge in [0.05, 0.1) is 12.6 Å². The van der Waals surface area contributed by atoms with Crippen molar-refractivity contribution >= 4 is 38.3 Å². The van der Waals surface area contributed by atoms with Crippen LogP contribution in [0, 0.1) is 11.6 Å². The zero-order valence-electron chi connectivity index (χ0n) is 16.3. The standard InChI is InChI=1S/C19H17ClF2N4O4S2/c20-12-3-1-11(2-4-12)18-16(29-6-5-23-18)9-30-15-7-14(22)17(8-13(15)21)32(27,28)26-19-24-10-25-31-19/h1-4,7-8,10,16,18,23H,5-6,9H2,(H,24,25,26)/t16-,18-/m1/s1. The minimum atomic E-state index is -4.40. The molecule has 1 aliphatic heterocycles. The van der Waals surface area contributed by atoms with E-state index in [1.807, 2.05) is 16.9 Å². The van der Waals surface area contributed by atoms with Gasteiger partial charge in [0.15, 0.2) is 11.6 Å². The minimum absolute atomic E-state index is 0.0691. The summed E-state index contributed by atoms with van der Waals surface area (Å²) in [6.45, 7) is 0.941. The van der Waals surface area contributed by atoms with Crippen LogP contribution in [-0.4, -0.2) is 43.6 Å². The van der Waals surface area contributed by atoms with Crippen LogP contribution >= 0.6 is 23.1 Å². The van der Waals surface area contributed by atoms with E-state index in [1.54, 1.807) is 12.1 Å². The molecular formula is C19H17ClF2N4O4S2. The molecule has 8 nitrogen and oxygen atoms in total. The third kappa shape index (κ3) is 5.15. The van der Waals surface area contributed by atoms with E-state index in [0.29, 0.717) is 30.3 Å². The molecule has 13 heteroatoms. The molecule has 4 rings (SSSR count). The van der Waals surface area contributed by atoms with E-state index in [-0.39, 0.29) is 17.8 Å². The van der Waals surface area contributed by atoms with Crippen LogP contribution in [0.25, 0.3) is 0 Å². The predicted molar refractivity (Wildman–Crippen MR) is 115 cm³/mol. The number of ether oxygens (including phenoxy) is 2. The van der Waals surface area contributed by atoms with Crippen molar-refractivity contribution in [1.29, 1.82) is 0 Å². The summed E-state index contributed by atoms with van der Waals surface area (Å²) in [5.74, 6) is -2.63. The molecular weight excluding hydrogens is 486 g/mol. The molecule has 0 amide bonds. The number of hydrogen-bond acceptors (Lipinski definition) is 8. The molecule has 0 saturated carbocycles. The molecule has 1 aromatic heterocycles. The summed E-state index contributed by atoms with van der Waals surface area (Å²) in [6, 6.07) is 8.18. The number of nitrogens with zero attached hydrogens (tertiary/aromatic N) is 2. The van der Waals surface area contributed by atoms with E-state index in [4.69, 9.17) is 21.1 Å². The normalized spacial score (nSPS) is 19.0. The van der Waals surface area contributed by atoms with Crippen molar-refractivity contribution < 1.29 is 26.7 Å². The van der Waals surface area contributed by atoms with E-state index in [2.05, 4.69) is 14.7 Å². The van der Waals surface area contributed by atoms with Gasteiger partial charge in [-0.15, -0.1) is 0 Å². The number of halogens is 3. The highest BCUT2D eigenvalue weighted by molar-refractivity contribution is 7.93. The Morgan fingerprint density at radius 3 is 2.75 bits per heavy atom. The molecule has 0 spiro atoms. The van der Waals surface area contributed by atoms with Crippen molar-refractivity contribution in [3.63, 3.8) is 0 Å².